The molecule has 0 saturated carbocycles. The van der Waals surface area contributed by atoms with Gasteiger partial charge in [0.2, 0.25) is 0 Å². The van der Waals surface area contributed by atoms with Crippen LogP contribution in [0.4, 0.5) is 0 Å². The molecule has 0 unspecified atom stereocenters. The summed E-state index contributed by atoms with van der Waals surface area (Å²) in [7, 11) is 4.68. The van der Waals surface area contributed by atoms with Gasteiger partial charge in [-0.1, -0.05) is 32.1 Å². The van der Waals surface area contributed by atoms with Gasteiger partial charge in [0.25, 0.3) is 5.91 Å². The second kappa shape index (κ2) is 10.0. The monoisotopic (exact) mass is 321 g/mol. The van der Waals surface area contributed by atoms with Crippen LogP contribution in [0.3, 0.4) is 0 Å². The maximum Gasteiger partial charge on any atom is 0.269 e. The van der Waals surface area contributed by atoms with E-state index >= 15 is 0 Å². The molecule has 1 amide bonds. The average molecular weight is 321 g/mol. The SMILES string of the molecule is COc1ccc(CO[C@@H](C/C=C/C(=O)N(C)OC)C(C)C)cc1. The summed E-state index contributed by atoms with van der Waals surface area (Å²) < 4.78 is 11.1. The highest BCUT2D eigenvalue weighted by Crippen LogP contribution is 2.16. The van der Waals surface area contributed by atoms with E-state index in [1.165, 1.54) is 18.2 Å². The summed E-state index contributed by atoms with van der Waals surface area (Å²) >= 11 is 0. The van der Waals surface area contributed by atoms with Gasteiger partial charge in [-0.2, -0.15) is 0 Å². The topological polar surface area (TPSA) is 48.0 Å². The minimum Gasteiger partial charge on any atom is -0.497 e. The number of hydrogen-bond acceptors (Lipinski definition) is 4. The van der Waals surface area contributed by atoms with Crippen LogP contribution in [0.25, 0.3) is 0 Å². The predicted octanol–water partition coefficient (Wildman–Crippen LogP) is 3.20. The molecule has 23 heavy (non-hydrogen) atoms. The minimum atomic E-state index is -0.190. The van der Waals surface area contributed by atoms with Gasteiger partial charge in [0.1, 0.15) is 5.75 Å². The quantitative estimate of drug-likeness (QED) is 0.518. The number of ether oxygens (including phenoxy) is 2. The van der Waals surface area contributed by atoms with Gasteiger partial charge >= 0.3 is 0 Å². The zero-order chi connectivity index (χ0) is 17.2. The van der Waals surface area contributed by atoms with E-state index in [2.05, 4.69) is 13.8 Å². The molecule has 0 spiro atoms. The Hall–Kier alpha value is -1.85. The van der Waals surface area contributed by atoms with Gasteiger partial charge in [-0.3, -0.25) is 9.63 Å². The van der Waals surface area contributed by atoms with Crippen molar-refractivity contribution in [3.8, 4) is 5.75 Å². The number of nitrogens with zero attached hydrogens (tertiary/aromatic N) is 1. The van der Waals surface area contributed by atoms with Crippen LogP contribution in [0.15, 0.2) is 36.4 Å². The fourth-order valence-electron chi connectivity index (χ4n) is 1.96. The van der Waals surface area contributed by atoms with Crippen molar-refractivity contribution in [3.05, 3.63) is 42.0 Å². The first kappa shape index (κ1) is 19.2. The highest BCUT2D eigenvalue weighted by atomic mass is 16.7. The summed E-state index contributed by atoms with van der Waals surface area (Å²) in [6, 6.07) is 7.82. The lowest BCUT2D eigenvalue weighted by Crippen LogP contribution is -2.23. The third kappa shape index (κ3) is 6.84. The third-order valence-corrected chi connectivity index (χ3v) is 3.58. The van der Waals surface area contributed by atoms with E-state index in [-0.39, 0.29) is 12.0 Å². The van der Waals surface area contributed by atoms with Crippen LogP contribution < -0.4 is 4.74 Å². The van der Waals surface area contributed by atoms with Crippen LogP contribution in [0.1, 0.15) is 25.8 Å². The number of methoxy groups -OCH3 is 1. The zero-order valence-corrected chi connectivity index (χ0v) is 14.6. The number of rotatable bonds is 9. The smallest absolute Gasteiger partial charge is 0.269 e. The Labute approximate surface area is 138 Å². The molecule has 1 aromatic carbocycles. The summed E-state index contributed by atoms with van der Waals surface area (Å²) in [5.41, 5.74) is 1.09. The van der Waals surface area contributed by atoms with Crippen molar-refractivity contribution < 1.29 is 19.1 Å². The van der Waals surface area contributed by atoms with E-state index in [4.69, 9.17) is 14.3 Å². The van der Waals surface area contributed by atoms with Crippen LogP contribution in [0, 0.1) is 5.92 Å². The Kier molecular flexibility index (Phi) is 8.37. The number of benzene rings is 1. The lowest BCUT2D eigenvalue weighted by atomic mass is 10.0. The Morgan fingerprint density at radius 1 is 1.22 bits per heavy atom. The molecule has 1 atom stereocenters. The molecule has 0 N–H and O–H groups in total. The summed E-state index contributed by atoms with van der Waals surface area (Å²) in [6.45, 7) is 4.75. The first-order valence-electron chi connectivity index (χ1n) is 7.70. The van der Waals surface area contributed by atoms with Crippen molar-refractivity contribution in [2.45, 2.75) is 33.0 Å². The molecule has 1 aromatic rings. The second-order valence-corrected chi connectivity index (χ2v) is 5.60. The molecule has 5 heteroatoms. The first-order valence-corrected chi connectivity index (χ1v) is 7.70. The van der Waals surface area contributed by atoms with Crippen molar-refractivity contribution in [3.63, 3.8) is 0 Å². The summed E-state index contributed by atoms with van der Waals surface area (Å²) in [5.74, 6) is 0.996. The van der Waals surface area contributed by atoms with Crippen LogP contribution in [-0.4, -0.2) is 38.3 Å². The van der Waals surface area contributed by atoms with Crippen molar-refractivity contribution in [1.29, 1.82) is 0 Å². The van der Waals surface area contributed by atoms with Crippen LogP contribution in [0.5, 0.6) is 5.75 Å². The molecule has 0 fully saturated rings. The van der Waals surface area contributed by atoms with Gasteiger partial charge in [0, 0.05) is 13.1 Å². The van der Waals surface area contributed by atoms with Gasteiger partial charge in [-0.05, 0) is 30.0 Å². The third-order valence-electron chi connectivity index (χ3n) is 3.58. The van der Waals surface area contributed by atoms with Crippen molar-refractivity contribution in [1.82, 2.24) is 5.06 Å². The number of carbonyl (C=O) groups is 1. The molecule has 0 aliphatic heterocycles. The largest absolute Gasteiger partial charge is 0.497 e. The van der Waals surface area contributed by atoms with Gasteiger partial charge in [0.05, 0.1) is 26.9 Å². The van der Waals surface area contributed by atoms with Gasteiger partial charge in [-0.25, -0.2) is 5.06 Å². The number of carbonyl (C=O) groups excluding carboxylic acids is 1. The normalized spacial score (nSPS) is 12.6. The first-order chi connectivity index (χ1) is 11.0. The number of hydroxylamine groups is 2. The average Bonchev–Trinajstić information content (AvgIpc) is 2.56. The molecule has 5 nitrogen and oxygen atoms in total. The van der Waals surface area contributed by atoms with Crippen molar-refractivity contribution >= 4 is 5.91 Å². The number of hydrogen-bond donors (Lipinski definition) is 0. The Morgan fingerprint density at radius 3 is 2.39 bits per heavy atom. The van der Waals surface area contributed by atoms with Gasteiger partial charge in [0.15, 0.2) is 0 Å². The second-order valence-electron chi connectivity index (χ2n) is 5.60. The number of likely N-dealkylation sites (N-methyl/N-ethyl adjacent to an activating group) is 1. The maximum absolute atomic E-state index is 11.6. The van der Waals surface area contributed by atoms with Crippen LogP contribution >= 0.6 is 0 Å². The minimum absolute atomic E-state index is 0.0500. The van der Waals surface area contributed by atoms with Crippen molar-refractivity contribution in [2.24, 2.45) is 5.92 Å². The lowest BCUT2D eigenvalue weighted by molar-refractivity contribution is -0.162. The molecule has 0 saturated heterocycles. The zero-order valence-electron chi connectivity index (χ0n) is 14.6. The highest BCUT2D eigenvalue weighted by Gasteiger charge is 2.13. The molecular formula is C18H27NO4. The maximum atomic E-state index is 11.6. The van der Waals surface area contributed by atoms with E-state index in [0.29, 0.717) is 18.9 Å². The highest BCUT2D eigenvalue weighted by molar-refractivity contribution is 5.86. The molecular weight excluding hydrogens is 294 g/mol. The van der Waals surface area contributed by atoms with E-state index in [9.17, 15) is 4.79 Å². The van der Waals surface area contributed by atoms with Crippen molar-refractivity contribution in [2.75, 3.05) is 21.3 Å². The fraction of sp³-hybridized carbons (Fsp3) is 0.500. The molecule has 128 valence electrons. The molecule has 0 radical (unpaired) electrons. The van der Waals surface area contributed by atoms with E-state index < -0.39 is 0 Å². The molecule has 0 aromatic heterocycles. The molecule has 1 rings (SSSR count). The van der Waals surface area contributed by atoms with Gasteiger partial charge in [-0.15, -0.1) is 0 Å². The number of amides is 1. The molecule has 0 bridgehead atoms. The van der Waals surface area contributed by atoms with Crippen LogP contribution in [-0.2, 0) is 21.0 Å². The summed E-state index contributed by atoms with van der Waals surface area (Å²) in [6.07, 6.45) is 4.07. The molecule has 0 aliphatic rings. The predicted molar refractivity (Wildman–Crippen MR) is 89.9 cm³/mol. The standard InChI is InChI=1S/C18H27NO4/c1-14(2)17(7-6-8-18(20)19(3)22-5)23-13-15-9-11-16(21-4)12-10-15/h6,8-12,14,17H,7,13H2,1-5H3/b8-6+/t17-/m0/s1. The van der Waals surface area contributed by atoms with Gasteiger partial charge < -0.3 is 9.47 Å². The van der Waals surface area contributed by atoms with E-state index in [1.54, 1.807) is 14.2 Å². The lowest BCUT2D eigenvalue weighted by Gasteiger charge is -2.20. The summed E-state index contributed by atoms with van der Waals surface area (Å²) in [5, 5.41) is 1.18. The van der Waals surface area contributed by atoms with E-state index in [1.807, 2.05) is 30.3 Å². The molecule has 0 heterocycles. The molecule has 0 aliphatic carbocycles. The van der Waals surface area contributed by atoms with Crippen LogP contribution in [0.2, 0.25) is 0 Å². The Morgan fingerprint density at radius 2 is 1.87 bits per heavy atom. The Bertz CT molecular complexity index is 496. The summed E-state index contributed by atoms with van der Waals surface area (Å²) in [4.78, 5) is 16.5. The Balaban J connectivity index is 2.51. The van der Waals surface area contributed by atoms with E-state index in [0.717, 1.165) is 11.3 Å². The fourth-order valence-corrected chi connectivity index (χ4v) is 1.96.